The molecule has 2 heterocycles. The lowest BCUT2D eigenvalue weighted by molar-refractivity contribution is 0.0930. The summed E-state index contributed by atoms with van der Waals surface area (Å²) in [6, 6.07) is 0. The predicted molar refractivity (Wildman–Crippen MR) is 58.1 cm³/mol. The summed E-state index contributed by atoms with van der Waals surface area (Å²) < 4.78 is 2.00. The number of likely N-dealkylation sites (tertiary alicyclic amines) is 1. The van der Waals surface area contributed by atoms with Crippen molar-refractivity contribution < 1.29 is 0 Å². The maximum Gasteiger partial charge on any atom is 0.141 e. The topological polar surface area (TPSA) is 60.0 Å². The van der Waals surface area contributed by atoms with Gasteiger partial charge in [-0.2, -0.15) is 5.10 Å². The Bertz CT molecular complexity index is 303. The summed E-state index contributed by atoms with van der Waals surface area (Å²) in [5.41, 5.74) is 5.59. The second-order valence-electron chi connectivity index (χ2n) is 4.20. The highest BCUT2D eigenvalue weighted by molar-refractivity contribution is 4.89. The van der Waals surface area contributed by atoms with Crippen molar-refractivity contribution in [2.45, 2.75) is 26.4 Å². The number of aromatic nitrogens is 3. The zero-order valence-corrected chi connectivity index (χ0v) is 9.26. The van der Waals surface area contributed by atoms with E-state index in [1.165, 1.54) is 0 Å². The molecule has 1 aromatic rings. The number of nitrogens with zero attached hydrogens (tertiary/aromatic N) is 4. The van der Waals surface area contributed by atoms with Gasteiger partial charge < -0.3 is 5.73 Å². The first-order valence-corrected chi connectivity index (χ1v) is 5.62. The second kappa shape index (κ2) is 4.72. The first-order chi connectivity index (χ1) is 7.33. The first kappa shape index (κ1) is 10.6. The molecule has 0 bridgehead atoms. The summed E-state index contributed by atoms with van der Waals surface area (Å²) >= 11 is 0. The fourth-order valence-electron chi connectivity index (χ4n) is 1.96. The molecule has 5 nitrogen and oxygen atoms in total. The second-order valence-corrected chi connectivity index (χ2v) is 4.20. The summed E-state index contributed by atoms with van der Waals surface area (Å²) in [6.07, 6.45) is 2.74. The van der Waals surface area contributed by atoms with E-state index in [1.54, 1.807) is 6.33 Å². The van der Waals surface area contributed by atoms with Crippen LogP contribution in [0.1, 0.15) is 19.2 Å². The molecular formula is C10H19N5. The molecule has 0 spiro atoms. The van der Waals surface area contributed by atoms with Crippen molar-refractivity contribution in [1.29, 1.82) is 0 Å². The van der Waals surface area contributed by atoms with Crippen LogP contribution in [0.2, 0.25) is 0 Å². The van der Waals surface area contributed by atoms with Crippen molar-refractivity contribution in [3.63, 3.8) is 0 Å². The molecule has 0 aliphatic carbocycles. The highest BCUT2D eigenvalue weighted by Crippen LogP contribution is 2.16. The summed E-state index contributed by atoms with van der Waals surface area (Å²) in [5, 5.41) is 4.21. The average Bonchev–Trinajstić information content (AvgIpc) is 2.59. The summed E-state index contributed by atoms with van der Waals surface area (Å²) in [4.78, 5) is 6.66. The standard InChI is InChI=1S/C10H19N5/c1-2-3-15-10(12-8-13-15)7-14-5-9(4-11)6-14/h8-9H,2-7,11H2,1H3. The Kier molecular flexibility index (Phi) is 3.33. The van der Waals surface area contributed by atoms with E-state index in [2.05, 4.69) is 21.9 Å². The fraction of sp³-hybridized carbons (Fsp3) is 0.800. The van der Waals surface area contributed by atoms with Gasteiger partial charge in [-0.15, -0.1) is 0 Å². The Labute approximate surface area is 90.3 Å². The molecule has 1 aromatic heterocycles. The minimum absolute atomic E-state index is 0.688. The summed E-state index contributed by atoms with van der Waals surface area (Å²) in [5.74, 6) is 1.76. The molecule has 5 heteroatoms. The number of rotatable bonds is 5. The van der Waals surface area contributed by atoms with Crippen molar-refractivity contribution in [2.24, 2.45) is 11.7 Å². The van der Waals surface area contributed by atoms with Gasteiger partial charge in [0.25, 0.3) is 0 Å². The number of aryl methyl sites for hydroxylation is 1. The summed E-state index contributed by atoms with van der Waals surface area (Å²) in [7, 11) is 0. The van der Waals surface area contributed by atoms with Crippen molar-refractivity contribution in [1.82, 2.24) is 19.7 Å². The van der Waals surface area contributed by atoms with Gasteiger partial charge in [-0.1, -0.05) is 6.92 Å². The third-order valence-electron chi connectivity index (χ3n) is 2.86. The highest BCUT2D eigenvalue weighted by atomic mass is 15.4. The Morgan fingerprint density at radius 3 is 3.00 bits per heavy atom. The zero-order valence-electron chi connectivity index (χ0n) is 9.26. The van der Waals surface area contributed by atoms with E-state index in [9.17, 15) is 0 Å². The average molecular weight is 209 g/mol. The van der Waals surface area contributed by atoms with Gasteiger partial charge in [-0.3, -0.25) is 4.90 Å². The lowest BCUT2D eigenvalue weighted by Crippen LogP contribution is -2.49. The maximum atomic E-state index is 5.59. The van der Waals surface area contributed by atoms with Gasteiger partial charge in [0.2, 0.25) is 0 Å². The van der Waals surface area contributed by atoms with Gasteiger partial charge in [0.15, 0.2) is 0 Å². The molecule has 0 amide bonds. The van der Waals surface area contributed by atoms with Crippen LogP contribution in [-0.2, 0) is 13.1 Å². The molecule has 0 saturated carbocycles. The molecule has 1 aliphatic rings. The van der Waals surface area contributed by atoms with E-state index < -0.39 is 0 Å². The number of nitrogens with two attached hydrogens (primary N) is 1. The minimum Gasteiger partial charge on any atom is -0.330 e. The highest BCUT2D eigenvalue weighted by Gasteiger charge is 2.26. The van der Waals surface area contributed by atoms with Crippen LogP contribution in [0.15, 0.2) is 6.33 Å². The van der Waals surface area contributed by atoms with Crippen LogP contribution >= 0.6 is 0 Å². The van der Waals surface area contributed by atoms with Gasteiger partial charge in [-0.05, 0) is 18.9 Å². The van der Waals surface area contributed by atoms with Gasteiger partial charge in [-0.25, -0.2) is 9.67 Å². The zero-order chi connectivity index (χ0) is 10.7. The SMILES string of the molecule is CCCn1ncnc1CN1CC(CN)C1. The molecule has 15 heavy (non-hydrogen) atoms. The maximum absolute atomic E-state index is 5.59. The van der Waals surface area contributed by atoms with E-state index in [4.69, 9.17) is 5.73 Å². The van der Waals surface area contributed by atoms with Crippen molar-refractivity contribution in [3.05, 3.63) is 12.2 Å². The van der Waals surface area contributed by atoms with E-state index in [0.717, 1.165) is 45.0 Å². The van der Waals surface area contributed by atoms with Crippen LogP contribution in [0.5, 0.6) is 0 Å². The third-order valence-corrected chi connectivity index (χ3v) is 2.86. The smallest absolute Gasteiger partial charge is 0.141 e. The van der Waals surface area contributed by atoms with E-state index in [1.807, 2.05) is 4.68 Å². The third kappa shape index (κ3) is 2.35. The van der Waals surface area contributed by atoms with Crippen LogP contribution in [0.25, 0.3) is 0 Å². The molecule has 1 saturated heterocycles. The Morgan fingerprint density at radius 1 is 1.53 bits per heavy atom. The van der Waals surface area contributed by atoms with E-state index in [-0.39, 0.29) is 0 Å². The van der Waals surface area contributed by atoms with E-state index >= 15 is 0 Å². The van der Waals surface area contributed by atoms with Crippen LogP contribution in [0.3, 0.4) is 0 Å². The predicted octanol–water partition coefficient (Wildman–Crippen LogP) is 0.0786. The van der Waals surface area contributed by atoms with Crippen LogP contribution < -0.4 is 5.73 Å². The van der Waals surface area contributed by atoms with Gasteiger partial charge in [0.1, 0.15) is 12.2 Å². The molecule has 1 fully saturated rings. The van der Waals surface area contributed by atoms with Crippen molar-refractivity contribution in [2.75, 3.05) is 19.6 Å². The molecule has 2 rings (SSSR count). The molecule has 84 valence electrons. The van der Waals surface area contributed by atoms with Crippen LogP contribution in [0.4, 0.5) is 0 Å². The Balaban J connectivity index is 1.85. The van der Waals surface area contributed by atoms with Gasteiger partial charge in [0, 0.05) is 19.6 Å². The quantitative estimate of drug-likeness (QED) is 0.746. The minimum atomic E-state index is 0.688. The molecule has 1 aliphatic heterocycles. The molecule has 0 atom stereocenters. The first-order valence-electron chi connectivity index (χ1n) is 5.62. The van der Waals surface area contributed by atoms with Crippen molar-refractivity contribution in [3.8, 4) is 0 Å². The van der Waals surface area contributed by atoms with Crippen LogP contribution in [-0.4, -0.2) is 39.3 Å². The van der Waals surface area contributed by atoms with Crippen molar-refractivity contribution >= 4 is 0 Å². The van der Waals surface area contributed by atoms with Gasteiger partial charge >= 0.3 is 0 Å². The fourth-order valence-corrected chi connectivity index (χ4v) is 1.96. The van der Waals surface area contributed by atoms with Crippen LogP contribution in [0, 0.1) is 5.92 Å². The lowest BCUT2D eigenvalue weighted by atomic mass is 10.0. The molecular weight excluding hydrogens is 190 g/mol. The molecule has 2 N–H and O–H groups in total. The Hall–Kier alpha value is -0.940. The molecule has 0 radical (unpaired) electrons. The van der Waals surface area contributed by atoms with E-state index in [0.29, 0.717) is 5.92 Å². The number of hydrogen-bond acceptors (Lipinski definition) is 4. The Morgan fingerprint density at radius 2 is 2.33 bits per heavy atom. The number of hydrogen-bond donors (Lipinski definition) is 1. The summed E-state index contributed by atoms with van der Waals surface area (Å²) in [6.45, 7) is 7.04. The lowest BCUT2D eigenvalue weighted by Gasteiger charge is -2.38. The largest absolute Gasteiger partial charge is 0.330 e. The molecule has 0 aromatic carbocycles. The molecule has 0 unspecified atom stereocenters. The monoisotopic (exact) mass is 209 g/mol. The normalized spacial score (nSPS) is 18.0. The van der Waals surface area contributed by atoms with Gasteiger partial charge in [0.05, 0.1) is 6.54 Å².